The molecule has 0 bridgehead atoms. The van der Waals surface area contributed by atoms with Crippen LogP contribution in [0.4, 0.5) is 0 Å². The first kappa shape index (κ1) is 11.4. The summed E-state index contributed by atoms with van der Waals surface area (Å²) in [6.45, 7) is 2.07. The number of carbonyl (C=O) groups excluding carboxylic acids is 1. The third-order valence-corrected chi connectivity index (χ3v) is 2.88. The van der Waals surface area contributed by atoms with E-state index in [1.807, 2.05) is 30.3 Å². The van der Waals surface area contributed by atoms with Crippen molar-refractivity contribution in [3.63, 3.8) is 0 Å². The van der Waals surface area contributed by atoms with E-state index in [4.69, 9.17) is 0 Å². The highest BCUT2D eigenvalue weighted by Gasteiger charge is 2.10. The van der Waals surface area contributed by atoms with Gasteiger partial charge in [0.15, 0.2) is 6.29 Å². The summed E-state index contributed by atoms with van der Waals surface area (Å²) in [5.74, 6) is 0.0587. The molecule has 2 rings (SSSR count). The molecule has 0 atom stereocenters. The molecule has 0 aliphatic rings. The second kappa shape index (κ2) is 4.83. The van der Waals surface area contributed by atoms with Gasteiger partial charge < -0.3 is 5.11 Å². The van der Waals surface area contributed by atoms with Gasteiger partial charge in [-0.3, -0.25) is 4.79 Å². The predicted molar refractivity (Wildman–Crippen MR) is 68.3 cm³/mol. The van der Waals surface area contributed by atoms with Crippen molar-refractivity contribution in [2.75, 3.05) is 0 Å². The molecular formula is C15H14O2. The molecule has 1 N–H and O–H groups in total. The zero-order chi connectivity index (χ0) is 12.3. The van der Waals surface area contributed by atoms with E-state index in [1.165, 1.54) is 0 Å². The van der Waals surface area contributed by atoms with E-state index < -0.39 is 0 Å². The Labute approximate surface area is 101 Å². The van der Waals surface area contributed by atoms with Crippen molar-refractivity contribution in [3.8, 4) is 16.9 Å². The second-order valence-electron chi connectivity index (χ2n) is 3.87. The van der Waals surface area contributed by atoms with Crippen LogP contribution in [0.1, 0.15) is 22.8 Å². The van der Waals surface area contributed by atoms with Crippen molar-refractivity contribution >= 4 is 6.29 Å². The quantitative estimate of drug-likeness (QED) is 0.814. The van der Waals surface area contributed by atoms with Crippen molar-refractivity contribution in [1.29, 1.82) is 0 Å². The summed E-state index contributed by atoms with van der Waals surface area (Å²) in [6, 6.07) is 13.1. The van der Waals surface area contributed by atoms with Gasteiger partial charge in [0.1, 0.15) is 5.75 Å². The highest BCUT2D eigenvalue weighted by Crippen LogP contribution is 2.33. The molecule has 0 saturated heterocycles. The van der Waals surface area contributed by atoms with Crippen LogP contribution in [0.5, 0.6) is 5.75 Å². The van der Waals surface area contributed by atoms with Crippen LogP contribution in [0.2, 0.25) is 0 Å². The normalized spacial score (nSPS) is 10.2. The fourth-order valence-electron chi connectivity index (χ4n) is 1.97. The summed E-state index contributed by atoms with van der Waals surface area (Å²) in [4.78, 5) is 10.8. The van der Waals surface area contributed by atoms with Crippen LogP contribution in [0.15, 0.2) is 42.5 Å². The molecule has 0 aromatic heterocycles. The number of aromatic hydroxyl groups is 1. The average molecular weight is 226 g/mol. The number of hydrogen-bond donors (Lipinski definition) is 1. The van der Waals surface area contributed by atoms with Crippen LogP contribution < -0.4 is 0 Å². The number of carbonyl (C=O) groups is 1. The highest BCUT2D eigenvalue weighted by molar-refractivity contribution is 5.86. The molecule has 0 unspecified atom stereocenters. The zero-order valence-electron chi connectivity index (χ0n) is 9.68. The molecule has 2 nitrogen and oxygen atoms in total. The molecule has 86 valence electrons. The molecule has 0 radical (unpaired) electrons. The van der Waals surface area contributed by atoms with Gasteiger partial charge in [-0.05, 0) is 23.6 Å². The van der Waals surface area contributed by atoms with E-state index in [0.29, 0.717) is 17.4 Å². The van der Waals surface area contributed by atoms with Gasteiger partial charge in [-0.25, -0.2) is 0 Å². The Kier molecular flexibility index (Phi) is 3.24. The van der Waals surface area contributed by atoms with Crippen LogP contribution in [-0.2, 0) is 6.42 Å². The van der Waals surface area contributed by atoms with Gasteiger partial charge in [0.05, 0.1) is 5.56 Å². The number of phenols is 1. The molecule has 0 heterocycles. The summed E-state index contributed by atoms with van der Waals surface area (Å²) >= 11 is 0. The van der Waals surface area contributed by atoms with E-state index in [1.54, 1.807) is 12.1 Å². The molecule has 0 amide bonds. The fourth-order valence-corrected chi connectivity index (χ4v) is 1.97. The summed E-state index contributed by atoms with van der Waals surface area (Å²) in [6.07, 6.45) is 1.56. The first-order chi connectivity index (χ1) is 8.27. The monoisotopic (exact) mass is 226 g/mol. The summed E-state index contributed by atoms with van der Waals surface area (Å²) < 4.78 is 0. The smallest absolute Gasteiger partial charge is 0.153 e. The fraction of sp³-hybridized carbons (Fsp3) is 0.133. The molecule has 17 heavy (non-hydrogen) atoms. The van der Waals surface area contributed by atoms with Gasteiger partial charge in [0.25, 0.3) is 0 Å². The topological polar surface area (TPSA) is 37.3 Å². The first-order valence-electron chi connectivity index (χ1n) is 5.63. The van der Waals surface area contributed by atoms with Gasteiger partial charge in [0.2, 0.25) is 0 Å². The molecular weight excluding hydrogens is 212 g/mol. The molecule has 2 heteroatoms. The minimum Gasteiger partial charge on any atom is -0.507 e. The number of phenolic OH excluding ortho intramolecular Hbond substituents is 1. The molecule has 0 aliphatic carbocycles. The summed E-state index contributed by atoms with van der Waals surface area (Å²) in [5, 5.41) is 10.0. The lowest BCUT2D eigenvalue weighted by molar-refractivity contribution is 0.112. The van der Waals surface area contributed by atoms with Crippen molar-refractivity contribution in [1.82, 2.24) is 0 Å². The molecule has 0 saturated carbocycles. The Morgan fingerprint density at radius 1 is 1.06 bits per heavy atom. The van der Waals surface area contributed by atoms with E-state index in [0.717, 1.165) is 17.5 Å². The van der Waals surface area contributed by atoms with Crippen LogP contribution in [0, 0.1) is 0 Å². The standard InChI is InChI=1S/C15H14O2/c1-2-11-6-3-4-8-13(11)14-9-5-7-12(10-16)15(14)17/h3-10,17H,2H2,1H3. The van der Waals surface area contributed by atoms with E-state index >= 15 is 0 Å². The van der Waals surface area contributed by atoms with Gasteiger partial charge in [-0.1, -0.05) is 43.3 Å². The number of aldehydes is 1. The predicted octanol–water partition coefficient (Wildman–Crippen LogP) is 3.43. The maximum Gasteiger partial charge on any atom is 0.153 e. The van der Waals surface area contributed by atoms with Crippen molar-refractivity contribution in [2.24, 2.45) is 0 Å². The largest absolute Gasteiger partial charge is 0.507 e. The van der Waals surface area contributed by atoms with Crippen LogP contribution in [0.25, 0.3) is 11.1 Å². The Morgan fingerprint density at radius 3 is 2.47 bits per heavy atom. The highest BCUT2D eigenvalue weighted by atomic mass is 16.3. The van der Waals surface area contributed by atoms with E-state index in [9.17, 15) is 9.90 Å². The number of aryl methyl sites for hydroxylation is 1. The van der Waals surface area contributed by atoms with Gasteiger partial charge in [-0.2, -0.15) is 0 Å². The molecule has 0 spiro atoms. The average Bonchev–Trinajstić information content (AvgIpc) is 2.39. The van der Waals surface area contributed by atoms with Crippen molar-refractivity contribution in [3.05, 3.63) is 53.6 Å². The van der Waals surface area contributed by atoms with Gasteiger partial charge in [0, 0.05) is 5.56 Å². The molecule has 0 aliphatic heterocycles. The molecule has 2 aromatic carbocycles. The summed E-state index contributed by atoms with van der Waals surface area (Å²) in [7, 11) is 0. The number of rotatable bonds is 3. The van der Waals surface area contributed by atoms with Crippen LogP contribution in [0.3, 0.4) is 0 Å². The first-order valence-corrected chi connectivity index (χ1v) is 5.63. The third kappa shape index (κ3) is 2.07. The van der Waals surface area contributed by atoms with Crippen LogP contribution >= 0.6 is 0 Å². The minimum atomic E-state index is 0.0587. The molecule has 0 fully saturated rings. The Bertz CT molecular complexity index is 544. The van der Waals surface area contributed by atoms with E-state index in [-0.39, 0.29) is 5.75 Å². The number of benzene rings is 2. The Balaban J connectivity index is 2.64. The number of hydrogen-bond acceptors (Lipinski definition) is 2. The lowest BCUT2D eigenvalue weighted by atomic mass is 9.96. The van der Waals surface area contributed by atoms with Gasteiger partial charge in [-0.15, -0.1) is 0 Å². The summed E-state index contributed by atoms with van der Waals surface area (Å²) in [5.41, 5.74) is 3.18. The van der Waals surface area contributed by atoms with E-state index in [2.05, 4.69) is 6.92 Å². The van der Waals surface area contributed by atoms with Crippen molar-refractivity contribution < 1.29 is 9.90 Å². The maximum atomic E-state index is 10.8. The van der Waals surface area contributed by atoms with Gasteiger partial charge >= 0.3 is 0 Å². The second-order valence-corrected chi connectivity index (χ2v) is 3.87. The zero-order valence-corrected chi connectivity index (χ0v) is 9.68. The lowest BCUT2D eigenvalue weighted by Gasteiger charge is -2.10. The van der Waals surface area contributed by atoms with Crippen LogP contribution in [-0.4, -0.2) is 11.4 Å². The maximum absolute atomic E-state index is 10.8. The van der Waals surface area contributed by atoms with Crippen molar-refractivity contribution in [2.45, 2.75) is 13.3 Å². The Morgan fingerprint density at radius 2 is 1.76 bits per heavy atom. The Hall–Kier alpha value is -2.09. The minimum absolute atomic E-state index is 0.0587. The SMILES string of the molecule is CCc1ccccc1-c1cccc(C=O)c1O. The third-order valence-electron chi connectivity index (χ3n) is 2.88. The lowest BCUT2D eigenvalue weighted by Crippen LogP contribution is -1.90. The number of para-hydroxylation sites is 1. The molecule has 2 aromatic rings.